The van der Waals surface area contributed by atoms with E-state index in [1.54, 1.807) is 37.4 Å². The zero-order valence-electron chi connectivity index (χ0n) is 11.8. The fourth-order valence-corrected chi connectivity index (χ4v) is 2.95. The third kappa shape index (κ3) is 2.35. The summed E-state index contributed by atoms with van der Waals surface area (Å²) in [5.74, 6) is -0.767. The number of para-hydroxylation sites is 1. The molecule has 1 aromatic carbocycles. The highest BCUT2D eigenvalue weighted by Crippen LogP contribution is 2.26. The van der Waals surface area contributed by atoms with Crippen molar-refractivity contribution in [1.29, 1.82) is 0 Å². The van der Waals surface area contributed by atoms with Crippen LogP contribution in [0.4, 0.5) is 0 Å². The van der Waals surface area contributed by atoms with Crippen LogP contribution in [0.3, 0.4) is 0 Å². The van der Waals surface area contributed by atoms with Gasteiger partial charge in [0.1, 0.15) is 11.3 Å². The number of allylic oxidation sites excluding steroid dienone is 1. The first kappa shape index (κ1) is 14.3. The largest absolute Gasteiger partial charge is 0.506 e. The molecule has 22 heavy (non-hydrogen) atoms. The van der Waals surface area contributed by atoms with E-state index >= 15 is 0 Å². The van der Waals surface area contributed by atoms with Crippen molar-refractivity contribution in [3.8, 4) is 5.75 Å². The topological polar surface area (TPSA) is 59.3 Å². The highest BCUT2D eigenvalue weighted by atomic mass is 32.1. The predicted octanol–water partition coefficient (Wildman–Crippen LogP) is 3.20. The molecule has 0 aliphatic rings. The lowest BCUT2D eigenvalue weighted by molar-refractivity contribution is 0.104. The molecular formula is C17H13NO3S. The van der Waals surface area contributed by atoms with E-state index in [-0.39, 0.29) is 11.3 Å². The number of carbonyl (C=O) groups excluding carboxylic acids is 1. The van der Waals surface area contributed by atoms with E-state index in [9.17, 15) is 14.7 Å². The summed E-state index contributed by atoms with van der Waals surface area (Å²) in [5.41, 5.74) is -0.116. The molecule has 0 fully saturated rings. The summed E-state index contributed by atoms with van der Waals surface area (Å²) in [6.07, 6.45) is 2.96. The Balaban J connectivity index is 2.15. The molecule has 1 N–H and O–H groups in total. The quantitative estimate of drug-likeness (QED) is 0.597. The average Bonchev–Trinajstić information content (AvgIpc) is 3.04. The molecule has 0 bridgehead atoms. The van der Waals surface area contributed by atoms with E-state index in [4.69, 9.17) is 0 Å². The van der Waals surface area contributed by atoms with Gasteiger partial charge in [0.25, 0.3) is 5.56 Å². The standard InChI is InChI=1S/C17H13NO3S/c1-18-13-7-3-2-6-12(13)16(20)15(17(18)21)14(19)9-8-11-5-4-10-22-11/h2-10,20H,1H3. The van der Waals surface area contributed by atoms with Crippen molar-refractivity contribution >= 4 is 34.1 Å². The number of hydrogen-bond donors (Lipinski definition) is 1. The van der Waals surface area contributed by atoms with Crippen LogP contribution in [0.15, 0.2) is 52.6 Å². The minimum atomic E-state index is -0.503. The first-order valence-corrected chi connectivity index (χ1v) is 7.54. The summed E-state index contributed by atoms with van der Waals surface area (Å²) < 4.78 is 1.38. The van der Waals surface area contributed by atoms with Gasteiger partial charge in [-0.2, -0.15) is 0 Å². The van der Waals surface area contributed by atoms with Crippen molar-refractivity contribution in [2.24, 2.45) is 7.05 Å². The van der Waals surface area contributed by atoms with Gasteiger partial charge in [0.05, 0.1) is 5.52 Å². The lowest BCUT2D eigenvalue weighted by Crippen LogP contribution is -2.24. The number of aryl methyl sites for hydroxylation is 1. The minimum absolute atomic E-state index is 0.200. The third-order valence-electron chi connectivity index (χ3n) is 3.46. The molecular weight excluding hydrogens is 298 g/mol. The van der Waals surface area contributed by atoms with E-state index in [2.05, 4.69) is 0 Å². The monoisotopic (exact) mass is 311 g/mol. The van der Waals surface area contributed by atoms with Crippen molar-refractivity contribution in [1.82, 2.24) is 4.57 Å². The Morgan fingerprint density at radius 2 is 2.00 bits per heavy atom. The highest BCUT2D eigenvalue weighted by molar-refractivity contribution is 7.10. The second-order valence-corrected chi connectivity index (χ2v) is 5.80. The number of benzene rings is 1. The molecule has 0 radical (unpaired) electrons. The normalized spacial score (nSPS) is 11.3. The van der Waals surface area contributed by atoms with Crippen molar-refractivity contribution < 1.29 is 9.90 Å². The van der Waals surface area contributed by atoms with Gasteiger partial charge in [-0.3, -0.25) is 9.59 Å². The zero-order valence-corrected chi connectivity index (χ0v) is 12.6. The summed E-state index contributed by atoms with van der Waals surface area (Å²) in [5, 5.41) is 12.7. The smallest absolute Gasteiger partial charge is 0.265 e. The zero-order chi connectivity index (χ0) is 15.7. The molecule has 3 rings (SSSR count). The minimum Gasteiger partial charge on any atom is -0.506 e. The SMILES string of the molecule is Cn1c(=O)c(C(=O)C=Cc2cccs2)c(O)c2ccccc21. The van der Waals surface area contributed by atoms with Crippen LogP contribution in [0.1, 0.15) is 15.2 Å². The maximum absolute atomic E-state index is 12.4. The summed E-state index contributed by atoms with van der Waals surface area (Å²) in [4.78, 5) is 25.6. The fourth-order valence-electron chi connectivity index (χ4n) is 2.33. The Morgan fingerprint density at radius 3 is 2.73 bits per heavy atom. The van der Waals surface area contributed by atoms with Crippen LogP contribution in [0, 0.1) is 0 Å². The molecule has 0 saturated heterocycles. The Kier molecular flexibility index (Phi) is 3.65. The number of rotatable bonds is 3. The van der Waals surface area contributed by atoms with Gasteiger partial charge in [-0.05, 0) is 35.7 Å². The van der Waals surface area contributed by atoms with Gasteiger partial charge in [-0.25, -0.2) is 0 Å². The first-order chi connectivity index (χ1) is 10.6. The fraction of sp³-hybridized carbons (Fsp3) is 0.0588. The first-order valence-electron chi connectivity index (χ1n) is 6.66. The number of aromatic nitrogens is 1. The van der Waals surface area contributed by atoms with E-state index < -0.39 is 11.3 Å². The number of fused-ring (bicyclic) bond motifs is 1. The van der Waals surface area contributed by atoms with Crippen LogP contribution in [0.2, 0.25) is 0 Å². The van der Waals surface area contributed by atoms with Crippen LogP contribution in [0.25, 0.3) is 17.0 Å². The van der Waals surface area contributed by atoms with E-state index in [0.717, 1.165) is 4.88 Å². The van der Waals surface area contributed by atoms with Crippen LogP contribution < -0.4 is 5.56 Å². The second-order valence-electron chi connectivity index (χ2n) is 4.82. The molecule has 0 aliphatic carbocycles. The second kappa shape index (κ2) is 5.61. The van der Waals surface area contributed by atoms with Crippen LogP contribution >= 0.6 is 11.3 Å². The van der Waals surface area contributed by atoms with Crippen molar-refractivity contribution in [2.45, 2.75) is 0 Å². The maximum atomic E-state index is 12.4. The van der Waals surface area contributed by atoms with Gasteiger partial charge in [0.15, 0.2) is 5.78 Å². The van der Waals surface area contributed by atoms with E-state index in [1.807, 2.05) is 17.5 Å². The molecule has 4 nitrogen and oxygen atoms in total. The Bertz CT molecular complexity index is 936. The highest BCUT2D eigenvalue weighted by Gasteiger charge is 2.18. The van der Waals surface area contributed by atoms with Gasteiger partial charge in [0, 0.05) is 17.3 Å². The molecule has 2 heterocycles. The molecule has 0 atom stereocenters. The Hall–Kier alpha value is -2.66. The van der Waals surface area contributed by atoms with E-state index in [1.165, 1.54) is 22.0 Å². The van der Waals surface area contributed by atoms with Crippen molar-refractivity contribution in [2.75, 3.05) is 0 Å². The summed E-state index contributed by atoms with van der Waals surface area (Å²) >= 11 is 1.49. The van der Waals surface area contributed by atoms with Crippen LogP contribution in [-0.4, -0.2) is 15.5 Å². The molecule has 0 unspecified atom stereocenters. The van der Waals surface area contributed by atoms with Gasteiger partial charge in [-0.1, -0.05) is 18.2 Å². The molecule has 3 aromatic rings. The van der Waals surface area contributed by atoms with Gasteiger partial charge in [-0.15, -0.1) is 11.3 Å². The number of pyridine rings is 1. The maximum Gasteiger partial charge on any atom is 0.265 e. The van der Waals surface area contributed by atoms with Gasteiger partial charge in [0.2, 0.25) is 0 Å². The lowest BCUT2D eigenvalue weighted by Gasteiger charge is -2.09. The summed E-state index contributed by atoms with van der Waals surface area (Å²) in [7, 11) is 1.59. The number of thiophene rings is 1. The average molecular weight is 311 g/mol. The Labute approximate surface area is 130 Å². The third-order valence-corrected chi connectivity index (χ3v) is 4.30. The number of nitrogens with zero attached hydrogens (tertiary/aromatic N) is 1. The molecule has 5 heteroatoms. The summed E-state index contributed by atoms with van der Waals surface area (Å²) in [6, 6.07) is 10.7. The van der Waals surface area contributed by atoms with Crippen molar-refractivity contribution in [3.05, 3.63) is 68.6 Å². The number of hydrogen-bond acceptors (Lipinski definition) is 4. The molecule has 0 amide bonds. The van der Waals surface area contributed by atoms with Gasteiger partial charge >= 0.3 is 0 Å². The molecule has 0 saturated carbocycles. The van der Waals surface area contributed by atoms with Crippen molar-refractivity contribution in [3.63, 3.8) is 0 Å². The van der Waals surface area contributed by atoms with Gasteiger partial charge < -0.3 is 9.67 Å². The molecule has 110 valence electrons. The number of aromatic hydroxyl groups is 1. The Morgan fingerprint density at radius 1 is 1.23 bits per heavy atom. The lowest BCUT2D eigenvalue weighted by atomic mass is 10.1. The predicted molar refractivity (Wildman–Crippen MR) is 88.5 cm³/mol. The number of carbonyl (C=O) groups is 1. The van der Waals surface area contributed by atoms with Crippen LogP contribution in [-0.2, 0) is 7.05 Å². The molecule has 2 aromatic heterocycles. The van der Waals surface area contributed by atoms with E-state index in [0.29, 0.717) is 10.9 Å². The summed E-state index contributed by atoms with van der Waals surface area (Å²) in [6.45, 7) is 0. The number of ketones is 1. The van der Waals surface area contributed by atoms with Crippen LogP contribution in [0.5, 0.6) is 5.75 Å². The molecule has 0 aliphatic heterocycles. The molecule has 0 spiro atoms.